The third-order valence-corrected chi connectivity index (χ3v) is 6.37. The Morgan fingerprint density at radius 1 is 1.30 bits per heavy atom. The Balaban J connectivity index is 1.87. The molecule has 2 saturated heterocycles. The highest BCUT2D eigenvalue weighted by Crippen LogP contribution is 2.23. The molecule has 3 rings (SSSR count). The van der Waals surface area contributed by atoms with E-state index in [1.54, 1.807) is 13.0 Å². The Bertz CT molecular complexity index is 719. The number of carbonyl (C=O) groups excluding carboxylic acids is 1. The fraction of sp³-hybridized carbons (Fsp3) is 0.533. The van der Waals surface area contributed by atoms with Gasteiger partial charge in [0.25, 0.3) is 0 Å². The van der Waals surface area contributed by atoms with Crippen molar-refractivity contribution in [2.75, 3.05) is 39.4 Å². The van der Waals surface area contributed by atoms with Gasteiger partial charge in [0, 0.05) is 37.8 Å². The van der Waals surface area contributed by atoms with Gasteiger partial charge >= 0.3 is 0 Å². The van der Waals surface area contributed by atoms with Crippen LogP contribution in [0.2, 0.25) is 0 Å². The molecule has 0 radical (unpaired) electrons. The SMILES string of the molecule is Cc1ccc(S(=O)(=O)N2CCN3CCOCC3C2)cc1C(N)=O. The van der Waals surface area contributed by atoms with Crippen LogP contribution in [0.5, 0.6) is 0 Å². The van der Waals surface area contributed by atoms with Crippen LogP contribution < -0.4 is 5.73 Å². The van der Waals surface area contributed by atoms with Gasteiger partial charge in [-0.15, -0.1) is 0 Å². The predicted molar refractivity (Wildman–Crippen MR) is 84.6 cm³/mol. The number of hydrogen-bond donors (Lipinski definition) is 1. The van der Waals surface area contributed by atoms with E-state index in [0.717, 1.165) is 6.54 Å². The van der Waals surface area contributed by atoms with Gasteiger partial charge in [0.2, 0.25) is 15.9 Å². The number of aryl methyl sites for hydroxylation is 1. The number of carbonyl (C=O) groups is 1. The smallest absolute Gasteiger partial charge is 0.249 e. The van der Waals surface area contributed by atoms with E-state index in [2.05, 4.69) is 4.90 Å². The van der Waals surface area contributed by atoms with Crippen molar-refractivity contribution < 1.29 is 17.9 Å². The minimum atomic E-state index is -3.64. The second-order valence-corrected chi connectivity index (χ2v) is 7.91. The van der Waals surface area contributed by atoms with Gasteiger partial charge in [-0.3, -0.25) is 9.69 Å². The number of fused-ring (bicyclic) bond motifs is 1. The van der Waals surface area contributed by atoms with Crippen LogP contribution >= 0.6 is 0 Å². The molecular formula is C15H21N3O4S. The average molecular weight is 339 g/mol. The highest BCUT2D eigenvalue weighted by Gasteiger charge is 2.35. The number of nitrogens with two attached hydrogens (primary N) is 1. The lowest BCUT2D eigenvalue weighted by molar-refractivity contribution is -0.0304. The number of nitrogens with zero attached hydrogens (tertiary/aromatic N) is 2. The molecular weight excluding hydrogens is 318 g/mol. The molecule has 2 N–H and O–H groups in total. The second-order valence-electron chi connectivity index (χ2n) is 5.97. The van der Waals surface area contributed by atoms with Crippen LogP contribution in [0.1, 0.15) is 15.9 Å². The lowest BCUT2D eigenvalue weighted by Gasteiger charge is -2.43. The van der Waals surface area contributed by atoms with Crippen molar-refractivity contribution in [2.45, 2.75) is 17.9 Å². The Kier molecular flexibility index (Phi) is 4.41. The van der Waals surface area contributed by atoms with Crippen molar-refractivity contribution in [1.29, 1.82) is 0 Å². The Morgan fingerprint density at radius 2 is 2.09 bits per heavy atom. The number of piperazine rings is 1. The van der Waals surface area contributed by atoms with Crippen molar-refractivity contribution in [3.8, 4) is 0 Å². The molecule has 0 bridgehead atoms. The summed E-state index contributed by atoms with van der Waals surface area (Å²) in [5, 5.41) is 0. The van der Waals surface area contributed by atoms with Gasteiger partial charge in [0.05, 0.1) is 18.1 Å². The van der Waals surface area contributed by atoms with Gasteiger partial charge in [-0.05, 0) is 24.6 Å². The molecule has 0 saturated carbocycles. The van der Waals surface area contributed by atoms with Gasteiger partial charge in [-0.1, -0.05) is 6.07 Å². The van der Waals surface area contributed by atoms with Crippen molar-refractivity contribution >= 4 is 15.9 Å². The first kappa shape index (κ1) is 16.4. The summed E-state index contributed by atoms with van der Waals surface area (Å²) >= 11 is 0. The number of ether oxygens (including phenoxy) is 1. The summed E-state index contributed by atoms with van der Waals surface area (Å²) in [4.78, 5) is 13.8. The van der Waals surface area contributed by atoms with Gasteiger partial charge in [0.1, 0.15) is 0 Å². The highest BCUT2D eigenvalue weighted by molar-refractivity contribution is 7.89. The molecule has 1 aromatic rings. The lowest BCUT2D eigenvalue weighted by atomic mass is 10.1. The normalized spacial score (nSPS) is 23.4. The first-order chi connectivity index (χ1) is 10.9. The van der Waals surface area contributed by atoms with Crippen molar-refractivity contribution in [3.63, 3.8) is 0 Å². The third-order valence-electron chi connectivity index (χ3n) is 4.51. The van der Waals surface area contributed by atoms with Crippen LogP contribution in [0.15, 0.2) is 23.1 Å². The molecule has 2 fully saturated rings. The topological polar surface area (TPSA) is 92.9 Å². The van der Waals surface area contributed by atoms with Crippen LogP contribution in [-0.2, 0) is 14.8 Å². The molecule has 2 aliphatic heterocycles. The summed E-state index contributed by atoms with van der Waals surface area (Å²) in [5.41, 5.74) is 6.23. The Morgan fingerprint density at radius 3 is 2.83 bits per heavy atom. The molecule has 0 spiro atoms. The van der Waals surface area contributed by atoms with E-state index in [0.29, 0.717) is 38.4 Å². The van der Waals surface area contributed by atoms with Crippen LogP contribution in [0, 0.1) is 6.92 Å². The molecule has 7 nitrogen and oxygen atoms in total. The summed E-state index contributed by atoms with van der Waals surface area (Å²) in [7, 11) is -3.64. The van der Waals surface area contributed by atoms with E-state index in [1.807, 2.05) is 0 Å². The molecule has 1 aromatic carbocycles. The van der Waals surface area contributed by atoms with E-state index in [9.17, 15) is 13.2 Å². The number of rotatable bonds is 3. The molecule has 2 heterocycles. The molecule has 2 aliphatic rings. The summed E-state index contributed by atoms with van der Waals surface area (Å²) in [5.74, 6) is -0.620. The summed E-state index contributed by atoms with van der Waals surface area (Å²) in [6.45, 7) is 5.36. The van der Waals surface area contributed by atoms with Crippen LogP contribution in [-0.4, -0.2) is 69.0 Å². The standard InChI is InChI=1S/C15H21N3O4S/c1-11-2-3-13(8-14(11)15(16)19)23(20,21)18-5-4-17-6-7-22-10-12(17)9-18/h2-3,8,12H,4-7,9-10H2,1H3,(H2,16,19). The maximum absolute atomic E-state index is 12.9. The number of hydrogen-bond acceptors (Lipinski definition) is 5. The highest BCUT2D eigenvalue weighted by atomic mass is 32.2. The number of morpholine rings is 1. The molecule has 1 amide bonds. The Hall–Kier alpha value is -1.48. The second kappa shape index (κ2) is 6.20. The molecule has 1 unspecified atom stereocenters. The maximum Gasteiger partial charge on any atom is 0.249 e. The zero-order valence-corrected chi connectivity index (χ0v) is 13.9. The third kappa shape index (κ3) is 3.12. The molecule has 1 atom stereocenters. The van der Waals surface area contributed by atoms with E-state index < -0.39 is 15.9 Å². The molecule has 23 heavy (non-hydrogen) atoms. The van der Waals surface area contributed by atoms with Gasteiger partial charge in [0.15, 0.2) is 0 Å². The van der Waals surface area contributed by atoms with Crippen LogP contribution in [0.3, 0.4) is 0 Å². The number of sulfonamides is 1. The average Bonchev–Trinajstić information content (AvgIpc) is 2.54. The summed E-state index contributed by atoms with van der Waals surface area (Å²) in [6.07, 6.45) is 0. The largest absolute Gasteiger partial charge is 0.378 e. The van der Waals surface area contributed by atoms with E-state index in [4.69, 9.17) is 10.5 Å². The first-order valence-corrected chi connectivity index (χ1v) is 9.06. The zero-order valence-electron chi connectivity index (χ0n) is 13.1. The Labute approximate surface area is 136 Å². The molecule has 0 aromatic heterocycles. The van der Waals surface area contributed by atoms with E-state index in [1.165, 1.54) is 16.4 Å². The lowest BCUT2D eigenvalue weighted by Crippen LogP contribution is -2.58. The predicted octanol–water partition coefficient (Wildman–Crippen LogP) is -0.201. The molecule has 8 heteroatoms. The zero-order chi connectivity index (χ0) is 16.6. The van der Waals surface area contributed by atoms with Crippen molar-refractivity contribution in [2.24, 2.45) is 5.73 Å². The van der Waals surface area contributed by atoms with Crippen molar-refractivity contribution in [1.82, 2.24) is 9.21 Å². The van der Waals surface area contributed by atoms with E-state index in [-0.39, 0.29) is 16.5 Å². The summed E-state index contributed by atoms with van der Waals surface area (Å²) in [6, 6.07) is 4.61. The number of benzene rings is 1. The van der Waals surface area contributed by atoms with Gasteiger partial charge in [-0.25, -0.2) is 8.42 Å². The van der Waals surface area contributed by atoms with Gasteiger partial charge < -0.3 is 10.5 Å². The van der Waals surface area contributed by atoms with Crippen LogP contribution in [0.25, 0.3) is 0 Å². The number of primary amides is 1. The quantitative estimate of drug-likeness (QED) is 0.823. The van der Waals surface area contributed by atoms with Gasteiger partial charge in [-0.2, -0.15) is 4.31 Å². The summed E-state index contributed by atoms with van der Waals surface area (Å²) < 4.78 is 32.6. The minimum Gasteiger partial charge on any atom is -0.378 e. The fourth-order valence-corrected chi connectivity index (χ4v) is 4.61. The fourth-order valence-electron chi connectivity index (χ4n) is 3.11. The first-order valence-electron chi connectivity index (χ1n) is 7.62. The maximum atomic E-state index is 12.9. The minimum absolute atomic E-state index is 0.0911. The number of amides is 1. The van der Waals surface area contributed by atoms with E-state index >= 15 is 0 Å². The molecule has 0 aliphatic carbocycles. The monoisotopic (exact) mass is 339 g/mol. The van der Waals surface area contributed by atoms with Crippen LogP contribution in [0.4, 0.5) is 0 Å². The molecule has 126 valence electrons. The van der Waals surface area contributed by atoms with Crippen molar-refractivity contribution in [3.05, 3.63) is 29.3 Å².